The van der Waals surface area contributed by atoms with Crippen LogP contribution in [0.25, 0.3) is 0 Å². The minimum atomic E-state index is -0.652. The number of β-lactam (4-membered cyclic amide) rings is 1. The summed E-state index contributed by atoms with van der Waals surface area (Å²) in [4.78, 5) is 38.4. The number of esters is 1. The van der Waals surface area contributed by atoms with E-state index in [2.05, 4.69) is 27.9 Å². The van der Waals surface area contributed by atoms with Gasteiger partial charge in [0, 0.05) is 5.75 Å². The van der Waals surface area contributed by atoms with Crippen molar-refractivity contribution in [1.82, 2.24) is 10.2 Å². The van der Waals surface area contributed by atoms with E-state index in [1.165, 1.54) is 12.0 Å². The maximum atomic E-state index is 12.6. The van der Waals surface area contributed by atoms with Gasteiger partial charge in [-0.25, -0.2) is 4.79 Å². The Hall–Kier alpha value is -1.49. The Morgan fingerprint density at radius 2 is 2.08 bits per heavy atom. The Morgan fingerprint density at radius 3 is 2.73 bits per heavy atom. The molecule has 1 aromatic carbocycles. The third-order valence-corrected chi connectivity index (χ3v) is 7.41. The Kier molecular flexibility index (Phi) is 5.66. The molecule has 2 amide bonds. The Bertz CT molecular complexity index is 714. The monoisotopic (exact) mass is 490 g/mol. The van der Waals surface area contributed by atoms with Crippen molar-refractivity contribution in [3.63, 3.8) is 0 Å². The first-order valence-electron chi connectivity index (χ1n) is 8.03. The standard InChI is InChI=1S/C17H19IN2O5S/c1-17(18)9-26-15-12(14(22)20(15)13(17)16(23)24-2)19-11(21)8-25-10-6-4-3-5-7-10/h3-7,12-13,15H,8-9H2,1-2H3,(H,19,21)/t12?,13?,15-,17?/m1/s1. The molecule has 3 rings (SSSR count). The van der Waals surface area contributed by atoms with Gasteiger partial charge < -0.3 is 19.7 Å². The van der Waals surface area contributed by atoms with E-state index in [0.29, 0.717) is 11.5 Å². The van der Waals surface area contributed by atoms with Crippen LogP contribution in [0.4, 0.5) is 0 Å². The minimum Gasteiger partial charge on any atom is -0.484 e. The number of benzene rings is 1. The molecule has 26 heavy (non-hydrogen) atoms. The molecule has 1 aromatic rings. The van der Waals surface area contributed by atoms with Gasteiger partial charge >= 0.3 is 5.97 Å². The van der Waals surface area contributed by atoms with E-state index in [9.17, 15) is 14.4 Å². The zero-order valence-corrected chi connectivity index (χ0v) is 17.3. The normalized spacial score (nSPS) is 30.0. The number of nitrogens with zero attached hydrogens (tertiary/aromatic N) is 1. The second kappa shape index (κ2) is 7.63. The third-order valence-electron chi connectivity index (χ3n) is 4.32. The maximum absolute atomic E-state index is 12.6. The molecule has 7 nitrogen and oxygen atoms in total. The number of thioether (sulfide) groups is 1. The van der Waals surface area contributed by atoms with Gasteiger partial charge in [0.25, 0.3) is 5.91 Å². The van der Waals surface area contributed by atoms with Gasteiger partial charge in [-0.2, -0.15) is 0 Å². The highest BCUT2D eigenvalue weighted by Gasteiger charge is 2.61. The molecule has 3 unspecified atom stereocenters. The quantitative estimate of drug-likeness (QED) is 0.289. The molecule has 9 heteroatoms. The molecule has 2 saturated heterocycles. The van der Waals surface area contributed by atoms with Crippen LogP contribution in [0.1, 0.15) is 6.92 Å². The van der Waals surface area contributed by atoms with Gasteiger partial charge in [-0.05, 0) is 19.1 Å². The van der Waals surface area contributed by atoms with Crippen molar-refractivity contribution in [2.75, 3.05) is 19.5 Å². The number of methoxy groups -OCH3 is 1. The van der Waals surface area contributed by atoms with Gasteiger partial charge in [0.05, 0.1) is 10.5 Å². The zero-order chi connectivity index (χ0) is 18.9. The molecule has 2 aliphatic heterocycles. The lowest BCUT2D eigenvalue weighted by molar-refractivity contribution is -0.165. The summed E-state index contributed by atoms with van der Waals surface area (Å²) in [5, 5.41) is 2.44. The van der Waals surface area contributed by atoms with Crippen LogP contribution in [0.15, 0.2) is 30.3 Å². The number of alkyl halides is 1. The summed E-state index contributed by atoms with van der Waals surface area (Å²) in [7, 11) is 1.32. The van der Waals surface area contributed by atoms with Crippen molar-refractivity contribution in [2.45, 2.75) is 27.8 Å². The highest BCUT2D eigenvalue weighted by atomic mass is 127. The third kappa shape index (κ3) is 3.64. The summed E-state index contributed by atoms with van der Waals surface area (Å²) in [5.41, 5.74) is 0. The van der Waals surface area contributed by atoms with Gasteiger partial charge in [0.1, 0.15) is 23.2 Å². The zero-order valence-electron chi connectivity index (χ0n) is 14.3. The predicted molar refractivity (Wildman–Crippen MR) is 105 cm³/mol. The molecular formula is C17H19IN2O5S. The fraction of sp³-hybridized carbons (Fsp3) is 0.471. The number of ether oxygens (including phenoxy) is 2. The Labute approximate surface area is 169 Å². The van der Waals surface area contributed by atoms with E-state index < -0.39 is 21.5 Å². The van der Waals surface area contributed by atoms with Crippen LogP contribution in [-0.2, 0) is 19.1 Å². The molecule has 0 saturated carbocycles. The number of hydrogen-bond donors (Lipinski definition) is 1. The fourth-order valence-electron chi connectivity index (χ4n) is 3.04. The lowest BCUT2D eigenvalue weighted by Gasteiger charge is -2.56. The minimum absolute atomic E-state index is 0.171. The maximum Gasteiger partial charge on any atom is 0.330 e. The second-order valence-electron chi connectivity index (χ2n) is 6.30. The van der Waals surface area contributed by atoms with Crippen molar-refractivity contribution in [3.05, 3.63) is 30.3 Å². The first-order chi connectivity index (χ1) is 12.3. The van der Waals surface area contributed by atoms with Crippen molar-refractivity contribution in [3.8, 4) is 5.75 Å². The number of nitrogens with one attached hydrogen (secondary N) is 1. The summed E-state index contributed by atoms with van der Waals surface area (Å²) < 4.78 is 9.85. The van der Waals surface area contributed by atoms with Gasteiger partial charge in [-0.15, -0.1) is 11.8 Å². The van der Waals surface area contributed by atoms with Gasteiger partial charge in [0.2, 0.25) is 5.91 Å². The molecule has 4 atom stereocenters. The topological polar surface area (TPSA) is 84.9 Å². The van der Waals surface area contributed by atoms with Crippen molar-refractivity contribution in [1.29, 1.82) is 0 Å². The van der Waals surface area contributed by atoms with Crippen LogP contribution in [-0.4, -0.2) is 63.0 Å². The molecule has 0 spiro atoms. The number of carbonyl (C=O) groups excluding carboxylic acids is 3. The second-order valence-corrected chi connectivity index (χ2v) is 9.87. The van der Waals surface area contributed by atoms with Crippen LogP contribution in [0, 0.1) is 0 Å². The Morgan fingerprint density at radius 1 is 1.38 bits per heavy atom. The van der Waals surface area contributed by atoms with Crippen LogP contribution in [0.5, 0.6) is 5.75 Å². The molecule has 1 N–H and O–H groups in total. The molecule has 0 radical (unpaired) electrons. The summed E-state index contributed by atoms with van der Waals surface area (Å²) >= 11 is 3.74. The first kappa shape index (κ1) is 19.3. The summed E-state index contributed by atoms with van der Waals surface area (Å²) in [5.74, 6) is 0.188. The highest BCUT2D eigenvalue weighted by Crippen LogP contribution is 2.46. The van der Waals surface area contributed by atoms with Crippen LogP contribution in [0.2, 0.25) is 0 Å². The smallest absolute Gasteiger partial charge is 0.330 e. The fourth-order valence-corrected chi connectivity index (χ4v) is 5.55. The lowest BCUT2D eigenvalue weighted by atomic mass is 9.94. The van der Waals surface area contributed by atoms with E-state index in [1.54, 1.807) is 23.9 Å². The number of hydrogen-bond acceptors (Lipinski definition) is 6. The number of amides is 2. The molecule has 2 aliphatic rings. The molecular weight excluding hydrogens is 471 g/mol. The largest absolute Gasteiger partial charge is 0.484 e. The van der Waals surface area contributed by atoms with E-state index in [1.807, 2.05) is 25.1 Å². The molecule has 2 heterocycles. The van der Waals surface area contributed by atoms with Gasteiger partial charge in [-0.3, -0.25) is 9.59 Å². The number of carbonyl (C=O) groups is 3. The first-order valence-corrected chi connectivity index (χ1v) is 10.2. The molecule has 0 bridgehead atoms. The highest BCUT2D eigenvalue weighted by molar-refractivity contribution is 14.1. The summed E-state index contributed by atoms with van der Waals surface area (Å²) in [6, 6.07) is 7.69. The van der Waals surface area contributed by atoms with Crippen LogP contribution in [0.3, 0.4) is 0 Å². The van der Waals surface area contributed by atoms with Crippen LogP contribution < -0.4 is 10.1 Å². The van der Waals surface area contributed by atoms with E-state index in [-0.39, 0.29) is 23.8 Å². The van der Waals surface area contributed by atoms with E-state index in [4.69, 9.17) is 9.47 Å². The number of rotatable bonds is 5. The molecule has 140 valence electrons. The SMILES string of the molecule is COC(=O)C1N2C(=O)C(NC(=O)COc3ccccc3)[C@H]2SCC1(C)I. The van der Waals surface area contributed by atoms with Gasteiger partial charge in [0.15, 0.2) is 6.61 Å². The summed E-state index contributed by atoms with van der Waals surface area (Å²) in [6.45, 7) is 1.75. The molecule has 0 aliphatic carbocycles. The predicted octanol–water partition coefficient (Wildman–Crippen LogP) is 1.20. The lowest BCUT2D eigenvalue weighted by Crippen LogP contribution is -2.78. The number of fused-ring (bicyclic) bond motifs is 1. The molecule has 2 fully saturated rings. The number of halogens is 1. The number of para-hydroxylation sites is 1. The van der Waals surface area contributed by atoms with Gasteiger partial charge in [-0.1, -0.05) is 40.8 Å². The average Bonchev–Trinajstić information content (AvgIpc) is 2.64. The van der Waals surface area contributed by atoms with Crippen molar-refractivity contribution < 1.29 is 23.9 Å². The van der Waals surface area contributed by atoms with E-state index in [0.717, 1.165) is 0 Å². The van der Waals surface area contributed by atoms with Crippen molar-refractivity contribution in [2.24, 2.45) is 0 Å². The van der Waals surface area contributed by atoms with E-state index >= 15 is 0 Å². The Balaban J connectivity index is 1.61. The van der Waals surface area contributed by atoms with Crippen molar-refractivity contribution >= 4 is 52.1 Å². The average molecular weight is 490 g/mol. The summed E-state index contributed by atoms with van der Waals surface area (Å²) in [6.07, 6.45) is 0. The molecule has 0 aromatic heterocycles. The van der Waals surface area contributed by atoms with Crippen LogP contribution >= 0.6 is 34.4 Å².